The van der Waals surface area contributed by atoms with Crippen LogP contribution in [0.1, 0.15) is 32.1 Å². The van der Waals surface area contributed by atoms with E-state index in [0.717, 1.165) is 5.41 Å². The number of rotatable bonds is 0. The average Bonchev–Trinajstić information content (AvgIpc) is 2.05. The van der Waals surface area contributed by atoms with Crippen LogP contribution in [0.4, 0.5) is 0 Å². The molecule has 0 unspecified atom stereocenters. The van der Waals surface area contributed by atoms with Crippen LogP contribution in [0, 0.1) is 5.41 Å². The van der Waals surface area contributed by atoms with Crippen molar-refractivity contribution in [2.24, 2.45) is 5.41 Å². The van der Waals surface area contributed by atoms with Crippen molar-refractivity contribution in [3.8, 4) is 0 Å². The molecule has 0 bridgehead atoms. The summed E-state index contributed by atoms with van der Waals surface area (Å²) in [6.07, 6.45) is 7.62. The summed E-state index contributed by atoms with van der Waals surface area (Å²) in [5.74, 6) is 2.96. The Bertz CT molecular complexity index is 120. The second-order valence-corrected chi connectivity index (χ2v) is 28.5. The standard InChI is InChI=1S/C8H14S.2BrH.Hg/c1-2-4-8(5-3-1)6-9-7-8;;;/h1-7H2;2*1H;/q;;;+2/p-2. The molecule has 0 aromatic heterocycles. The van der Waals surface area contributed by atoms with Crippen molar-refractivity contribution < 1.29 is 19.7 Å². The molecule has 0 radical (unpaired) electrons. The van der Waals surface area contributed by atoms with Crippen molar-refractivity contribution >= 4 is 35.6 Å². The molecule has 1 saturated carbocycles. The minimum atomic E-state index is -0.458. The summed E-state index contributed by atoms with van der Waals surface area (Å²) in [5, 5.41) is 0. The summed E-state index contributed by atoms with van der Waals surface area (Å²) in [5.41, 5.74) is 0.864. The second-order valence-electron chi connectivity index (χ2n) is 3.65. The predicted molar refractivity (Wildman–Crippen MR) is 60.7 cm³/mol. The maximum atomic E-state index is 3.28. The first kappa shape index (κ1) is 12.3. The third kappa shape index (κ3) is 3.78. The molecule has 4 heteroatoms. The van der Waals surface area contributed by atoms with Crippen LogP contribution in [0.3, 0.4) is 0 Å². The number of hydrogen-bond acceptors (Lipinski definition) is 1. The van der Waals surface area contributed by atoms with Gasteiger partial charge in [-0.25, -0.2) is 0 Å². The average molecular weight is 503 g/mol. The van der Waals surface area contributed by atoms with E-state index in [1.807, 2.05) is 0 Å². The van der Waals surface area contributed by atoms with Crippen molar-refractivity contribution in [1.29, 1.82) is 0 Å². The first-order valence-corrected chi connectivity index (χ1v) is 29.5. The summed E-state index contributed by atoms with van der Waals surface area (Å²) >= 11 is 8.25. The van der Waals surface area contributed by atoms with Gasteiger partial charge in [0.15, 0.2) is 0 Å². The van der Waals surface area contributed by atoms with Crippen LogP contribution in [-0.4, -0.2) is 11.5 Å². The summed E-state index contributed by atoms with van der Waals surface area (Å²) in [6, 6.07) is 0. The molecule has 2 aliphatic rings. The first-order chi connectivity index (χ1) is 5.83. The fraction of sp³-hybridized carbons (Fsp3) is 1.00. The van der Waals surface area contributed by atoms with Gasteiger partial charge in [-0.2, -0.15) is 11.8 Å². The Kier molecular flexibility index (Phi) is 6.85. The molecule has 1 saturated heterocycles. The van der Waals surface area contributed by atoms with Gasteiger partial charge in [0, 0.05) is 0 Å². The molecule has 1 spiro atoms. The van der Waals surface area contributed by atoms with Crippen LogP contribution < -0.4 is 0 Å². The van der Waals surface area contributed by atoms with Crippen molar-refractivity contribution in [2.75, 3.05) is 11.5 Å². The van der Waals surface area contributed by atoms with E-state index < -0.39 is 19.7 Å². The molecule has 0 nitrogen and oxygen atoms in total. The fourth-order valence-electron chi connectivity index (χ4n) is 1.98. The Morgan fingerprint density at radius 1 is 1.00 bits per heavy atom. The predicted octanol–water partition coefficient (Wildman–Crippen LogP) is 4.37. The van der Waals surface area contributed by atoms with E-state index in [4.69, 9.17) is 0 Å². The van der Waals surface area contributed by atoms with E-state index in [2.05, 4.69) is 35.6 Å². The molecule has 1 aliphatic heterocycles. The van der Waals surface area contributed by atoms with Crippen LogP contribution in [0.15, 0.2) is 0 Å². The van der Waals surface area contributed by atoms with Crippen molar-refractivity contribution in [2.45, 2.75) is 32.1 Å². The Balaban J connectivity index is 0.000000213. The molecule has 12 heavy (non-hydrogen) atoms. The van der Waals surface area contributed by atoms with Gasteiger partial charge in [0.1, 0.15) is 0 Å². The second kappa shape index (κ2) is 6.68. The molecule has 0 atom stereocenters. The molecule has 2 fully saturated rings. The molecule has 2 rings (SSSR count). The van der Waals surface area contributed by atoms with Crippen molar-refractivity contribution in [1.82, 2.24) is 0 Å². The minimum absolute atomic E-state index is 0.458. The quantitative estimate of drug-likeness (QED) is 0.444. The van der Waals surface area contributed by atoms with E-state index >= 15 is 0 Å². The third-order valence-electron chi connectivity index (χ3n) is 2.73. The topological polar surface area (TPSA) is 0 Å². The zero-order valence-electron chi connectivity index (χ0n) is 7.32. The van der Waals surface area contributed by atoms with Crippen LogP contribution in [-0.2, 0) is 19.7 Å². The van der Waals surface area contributed by atoms with E-state index in [1.165, 1.54) is 30.8 Å². The van der Waals surface area contributed by atoms with Gasteiger partial charge in [0.25, 0.3) is 0 Å². The molecule has 1 aliphatic carbocycles. The van der Waals surface area contributed by atoms with E-state index in [9.17, 15) is 0 Å². The zero-order valence-corrected chi connectivity index (χ0v) is 16.8. The van der Waals surface area contributed by atoms with Gasteiger partial charge in [-0.3, -0.25) is 0 Å². The molecule has 0 amide bonds. The van der Waals surface area contributed by atoms with E-state index in [0.29, 0.717) is 0 Å². The molecule has 0 N–H and O–H groups in total. The first-order valence-electron chi connectivity index (χ1n) is 4.53. The Labute approximate surface area is 103 Å². The van der Waals surface area contributed by atoms with Crippen molar-refractivity contribution in [3.63, 3.8) is 0 Å². The summed E-state index contributed by atoms with van der Waals surface area (Å²) in [6.45, 7) is 0. The summed E-state index contributed by atoms with van der Waals surface area (Å²) < 4.78 is 0. The summed E-state index contributed by atoms with van der Waals surface area (Å²) in [4.78, 5) is 0. The van der Waals surface area contributed by atoms with Crippen LogP contribution in [0.5, 0.6) is 0 Å². The molecule has 1 heterocycles. The van der Waals surface area contributed by atoms with Gasteiger partial charge in [0.2, 0.25) is 0 Å². The number of thioether (sulfide) groups is 1. The normalized spacial score (nSPS) is 24.8. The monoisotopic (exact) mass is 502 g/mol. The van der Waals surface area contributed by atoms with Gasteiger partial charge in [-0.15, -0.1) is 0 Å². The molecular weight excluding hydrogens is 489 g/mol. The number of hydrogen-bond donors (Lipinski definition) is 0. The maximum absolute atomic E-state index is 3.28. The van der Waals surface area contributed by atoms with E-state index in [1.54, 1.807) is 12.8 Å². The van der Waals surface area contributed by atoms with Gasteiger partial charge in [-0.05, 0) is 29.8 Å². The Morgan fingerprint density at radius 2 is 1.50 bits per heavy atom. The van der Waals surface area contributed by atoms with Crippen LogP contribution in [0.2, 0.25) is 0 Å². The third-order valence-corrected chi connectivity index (χ3v) is 4.36. The molecular formula is C8H14Br2HgS. The molecule has 0 aromatic rings. The fourth-order valence-corrected chi connectivity index (χ4v) is 3.34. The molecule has 68 valence electrons. The van der Waals surface area contributed by atoms with Gasteiger partial charge in [-0.1, -0.05) is 19.3 Å². The van der Waals surface area contributed by atoms with Crippen LogP contribution in [0.25, 0.3) is 0 Å². The van der Waals surface area contributed by atoms with Gasteiger partial charge in [0.05, 0.1) is 0 Å². The Hall–Kier alpha value is 2.25. The van der Waals surface area contributed by atoms with Gasteiger partial charge < -0.3 is 0 Å². The summed E-state index contributed by atoms with van der Waals surface area (Å²) in [7, 11) is 0. The van der Waals surface area contributed by atoms with Crippen LogP contribution >= 0.6 is 35.6 Å². The van der Waals surface area contributed by atoms with Crippen molar-refractivity contribution in [3.05, 3.63) is 0 Å². The molecule has 0 aromatic carbocycles. The van der Waals surface area contributed by atoms with E-state index in [-0.39, 0.29) is 0 Å². The van der Waals surface area contributed by atoms with Gasteiger partial charge >= 0.3 is 43.5 Å². The Morgan fingerprint density at radius 3 is 1.75 bits per heavy atom. The zero-order chi connectivity index (χ0) is 8.86. The SMILES string of the molecule is C1CCC2(CC1)CSC2.[Br][Hg][Br]. The number of halogens is 2.